The fourth-order valence-corrected chi connectivity index (χ4v) is 1.00. The first-order chi connectivity index (χ1) is 6.49. The van der Waals surface area contributed by atoms with Gasteiger partial charge in [-0.15, -0.1) is 0 Å². The van der Waals surface area contributed by atoms with Crippen molar-refractivity contribution in [1.82, 2.24) is 5.32 Å². The monoisotopic (exact) mass is 191 g/mol. The predicted octanol–water partition coefficient (Wildman–Crippen LogP) is 2.12. The summed E-state index contributed by atoms with van der Waals surface area (Å²) < 4.78 is 0. The molecule has 1 aliphatic heterocycles. The van der Waals surface area contributed by atoms with Gasteiger partial charge in [-0.05, 0) is 17.6 Å². The standard InChI is InChI=1S/C11H17N3/c1-11(2,3)8-13-7-9-5-4-6-14-10(9)12/h4-7,12-13H,8H2,1-3H3/b9-7-,12-10?. The van der Waals surface area contributed by atoms with E-state index in [1.165, 1.54) is 0 Å². The molecular formula is C11H17N3. The average molecular weight is 191 g/mol. The van der Waals surface area contributed by atoms with Gasteiger partial charge in [0.1, 0.15) is 0 Å². The Bertz CT molecular complexity index is 303. The van der Waals surface area contributed by atoms with Gasteiger partial charge in [-0.3, -0.25) is 5.41 Å². The van der Waals surface area contributed by atoms with Gasteiger partial charge >= 0.3 is 0 Å². The highest BCUT2D eigenvalue weighted by atomic mass is 14.9. The van der Waals surface area contributed by atoms with Gasteiger partial charge in [-0.25, -0.2) is 4.99 Å². The van der Waals surface area contributed by atoms with Gasteiger partial charge in [0.15, 0.2) is 5.84 Å². The number of nitrogens with zero attached hydrogens (tertiary/aromatic N) is 1. The van der Waals surface area contributed by atoms with Crippen LogP contribution < -0.4 is 5.32 Å². The normalized spacial score (nSPS) is 19.1. The molecule has 2 N–H and O–H groups in total. The number of rotatable bonds is 2. The Morgan fingerprint density at radius 3 is 2.79 bits per heavy atom. The summed E-state index contributed by atoms with van der Waals surface area (Å²) in [5, 5.41) is 10.7. The van der Waals surface area contributed by atoms with Gasteiger partial charge in [0, 0.05) is 24.5 Å². The van der Waals surface area contributed by atoms with Crippen LogP contribution in [0.15, 0.2) is 28.9 Å². The van der Waals surface area contributed by atoms with Crippen molar-refractivity contribution in [3.8, 4) is 0 Å². The second-order valence-corrected chi connectivity index (χ2v) is 4.53. The highest BCUT2D eigenvalue weighted by molar-refractivity contribution is 6.06. The van der Waals surface area contributed by atoms with E-state index in [2.05, 4.69) is 31.1 Å². The van der Waals surface area contributed by atoms with Crippen molar-refractivity contribution in [3.63, 3.8) is 0 Å². The van der Waals surface area contributed by atoms with Crippen LogP contribution in [0.2, 0.25) is 0 Å². The van der Waals surface area contributed by atoms with Crippen LogP contribution in [0.1, 0.15) is 20.8 Å². The lowest BCUT2D eigenvalue weighted by Crippen LogP contribution is -2.23. The fraction of sp³-hybridized carbons (Fsp3) is 0.455. The van der Waals surface area contributed by atoms with Crippen molar-refractivity contribution in [3.05, 3.63) is 23.9 Å². The van der Waals surface area contributed by atoms with Crippen molar-refractivity contribution < 1.29 is 0 Å². The Morgan fingerprint density at radius 2 is 2.21 bits per heavy atom. The summed E-state index contributed by atoms with van der Waals surface area (Å²) in [4.78, 5) is 3.89. The van der Waals surface area contributed by atoms with Crippen LogP contribution in [0.3, 0.4) is 0 Å². The quantitative estimate of drug-likeness (QED) is 0.690. The fourth-order valence-electron chi connectivity index (χ4n) is 1.00. The number of allylic oxidation sites excluding steroid dienone is 1. The van der Waals surface area contributed by atoms with E-state index in [1.54, 1.807) is 6.21 Å². The molecule has 14 heavy (non-hydrogen) atoms. The van der Waals surface area contributed by atoms with Crippen LogP contribution in [0.4, 0.5) is 0 Å². The second kappa shape index (κ2) is 4.22. The Labute approximate surface area is 85.1 Å². The Morgan fingerprint density at radius 1 is 1.50 bits per heavy atom. The zero-order valence-electron chi connectivity index (χ0n) is 8.96. The lowest BCUT2D eigenvalue weighted by Gasteiger charge is -2.18. The molecule has 0 radical (unpaired) electrons. The summed E-state index contributed by atoms with van der Waals surface area (Å²) in [6, 6.07) is 0. The third-order valence-electron chi connectivity index (χ3n) is 1.73. The van der Waals surface area contributed by atoms with Crippen LogP contribution in [-0.2, 0) is 0 Å². The van der Waals surface area contributed by atoms with E-state index in [0.717, 1.165) is 12.1 Å². The summed E-state index contributed by atoms with van der Waals surface area (Å²) in [5.41, 5.74) is 1.08. The molecular weight excluding hydrogens is 174 g/mol. The molecule has 0 aromatic heterocycles. The molecule has 3 nitrogen and oxygen atoms in total. The van der Waals surface area contributed by atoms with E-state index in [4.69, 9.17) is 5.41 Å². The molecule has 0 aromatic carbocycles. The van der Waals surface area contributed by atoms with Crippen LogP contribution in [-0.4, -0.2) is 18.6 Å². The minimum Gasteiger partial charge on any atom is -0.390 e. The number of dihydropyridines is 1. The minimum absolute atomic E-state index is 0.251. The molecule has 1 heterocycles. The zero-order valence-corrected chi connectivity index (χ0v) is 8.96. The molecule has 0 saturated carbocycles. The number of amidine groups is 1. The van der Waals surface area contributed by atoms with Gasteiger partial charge in [0.05, 0.1) is 0 Å². The highest BCUT2D eigenvalue weighted by Gasteiger charge is 2.08. The first-order valence-electron chi connectivity index (χ1n) is 4.72. The number of hydrogen-bond donors (Lipinski definition) is 2. The molecule has 1 rings (SSSR count). The van der Waals surface area contributed by atoms with Gasteiger partial charge < -0.3 is 5.32 Å². The van der Waals surface area contributed by atoms with Crippen molar-refractivity contribution >= 4 is 12.1 Å². The second-order valence-electron chi connectivity index (χ2n) is 4.53. The predicted molar refractivity (Wildman–Crippen MR) is 60.9 cm³/mol. The van der Waals surface area contributed by atoms with E-state index in [1.807, 2.05) is 18.4 Å². The lowest BCUT2D eigenvalue weighted by molar-refractivity contribution is 0.402. The smallest absolute Gasteiger partial charge is 0.153 e. The maximum absolute atomic E-state index is 7.52. The van der Waals surface area contributed by atoms with Crippen LogP contribution in [0.25, 0.3) is 0 Å². The van der Waals surface area contributed by atoms with Crippen molar-refractivity contribution in [2.24, 2.45) is 10.4 Å². The van der Waals surface area contributed by atoms with Gasteiger partial charge in [0.2, 0.25) is 0 Å². The molecule has 1 aliphatic rings. The van der Waals surface area contributed by atoms with E-state index in [0.29, 0.717) is 5.84 Å². The zero-order chi connectivity index (χ0) is 10.6. The van der Waals surface area contributed by atoms with Crippen molar-refractivity contribution in [2.45, 2.75) is 20.8 Å². The molecule has 0 amide bonds. The molecule has 0 saturated heterocycles. The summed E-state index contributed by atoms with van der Waals surface area (Å²) in [6.45, 7) is 7.39. The van der Waals surface area contributed by atoms with E-state index < -0.39 is 0 Å². The third kappa shape index (κ3) is 3.56. The highest BCUT2D eigenvalue weighted by Crippen LogP contribution is 2.11. The van der Waals surface area contributed by atoms with Gasteiger partial charge in [-0.1, -0.05) is 20.8 Å². The average Bonchev–Trinajstić information content (AvgIpc) is 2.06. The number of hydrogen-bond acceptors (Lipinski definition) is 2. The summed E-state index contributed by atoms with van der Waals surface area (Å²) in [7, 11) is 0. The Hall–Kier alpha value is -1.38. The topological polar surface area (TPSA) is 48.2 Å². The Kier molecular flexibility index (Phi) is 3.23. The largest absolute Gasteiger partial charge is 0.390 e. The molecule has 0 aromatic rings. The van der Waals surface area contributed by atoms with Crippen LogP contribution in [0, 0.1) is 10.8 Å². The molecule has 0 spiro atoms. The molecule has 0 atom stereocenters. The summed E-state index contributed by atoms with van der Waals surface area (Å²) in [5.74, 6) is 0.314. The maximum atomic E-state index is 7.52. The first-order valence-corrected chi connectivity index (χ1v) is 4.72. The molecule has 3 heteroatoms. The van der Waals surface area contributed by atoms with Crippen molar-refractivity contribution in [2.75, 3.05) is 6.54 Å². The van der Waals surface area contributed by atoms with E-state index >= 15 is 0 Å². The minimum atomic E-state index is 0.251. The number of aliphatic imine (C=N–C) groups is 1. The molecule has 0 bridgehead atoms. The van der Waals surface area contributed by atoms with Gasteiger partial charge in [0.25, 0.3) is 0 Å². The first kappa shape index (κ1) is 10.7. The van der Waals surface area contributed by atoms with Crippen LogP contribution in [0.5, 0.6) is 0 Å². The van der Waals surface area contributed by atoms with Crippen LogP contribution >= 0.6 is 0 Å². The summed E-state index contributed by atoms with van der Waals surface area (Å²) >= 11 is 0. The lowest BCUT2D eigenvalue weighted by atomic mass is 9.97. The maximum Gasteiger partial charge on any atom is 0.153 e. The SMILES string of the molecule is CC(C)(C)CN/C=C1/C=CC=NC1=N. The summed E-state index contributed by atoms with van der Waals surface area (Å²) in [6.07, 6.45) is 7.19. The molecule has 76 valence electrons. The van der Waals surface area contributed by atoms with Gasteiger partial charge in [-0.2, -0.15) is 0 Å². The van der Waals surface area contributed by atoms with E-state index in [-0.39, 0.29) is 5.41 Å². The van der Waals surface area contributed by atoms with E-state index in [9.17, 15) is 0 Å². The molecule has 0 fully saturated rings. The molecule has 0 unspecified atom stereocenters. The Balaban J connectivity index is 2.50. The van der Waals surface area contributed by atoms with Crippen molar-refractivity contribution in [1.29, 1.82) is 5.41 Å². The number of nitrogens with one attached hydrogen (secondary N) is 2. The third-order valence-corrected chi connectivity index (χ3v) is 1.73. The molecule has 0 aliphatic carbocycles.